The van der Waals surface area contributed by atoms with Crippen LogP contribution in [0.1, 0.15) is 98.7 Å². The minimum Gasteiger partial charge on any atom is -0.497 e. The Kier molecular flexibility index (Phi) is 23.6. The van der Waals surface area contributed by atoms with E-state index in [1.165, 1.54) is 203 Å². The van der Waals surface area contributed by atoms with Crippen LogP contribution in [0.15, 0.2) is 248 Å². The van der Waals surface area contributed by atoms with E-state index in [-0.39, 0.29) is 0 Å². The van der Waals surface area contributed by atoms with Gasteiger partial charge in [0.2, 0.25) is 10.0 Å². The number of benzene rings is 10. The topological polar surface area (TPSA) is 88.5 Å². The van der Waals surface area contributed by atoms with E-state index >= 15 is 0 Å². The van der Waals surface area contributed by atoms with E-state index < -0.39 is 18.5 Å². The molecule has 0 spiro atoms. The molecule has 0 saturated carbocycles. The van der Waals surface area contributed by atoms with Crippen molar-refractivity contribution in [3.8, 4) is 103 Å². The van der Waals surface area contributed by atoms with Crippen LogP contribution in [0.3, 0.4) is 0 Å². The van der Waals surface area contributed by atoms with Crippen LogP contribution < -0.4 is 70.5 Å². The number of rotatable bonds is 21. The molecule has 10 heterocycles. The summed E-state index contributed by atoms with van der Waals surface area (Å²) in [6.45, 7) is 36.0. The third-order valence-corrected chi connectivity index (χ3v) is 36.9. The van der Waals surface area contributed by atoms with Crippen molar-refractivity contribution in [2.45, 2.75) is 111 Å². The molecule has 0 radical (unpaired) electrons. The van der Waals surface area contributed by atoms with Gasteiger partial charge in [0.15, 0.2) is 4.88 Å². The van der Waals surface area contributed by atoms with Gasteiger partial charge in [0, 0.05) is 82.9 Å². The molecule has 0 saturated heterocycles. The summed E-state index contributed by atoms with van der Waals surface area (Å²) in [4.78, 5) is 33.1. The third kappa shape index (κ3) is 15.3. The maximum Gasteiger partial charge on any atom is 0.363 e. The SMILES string of the molecule is COc1ccc(N(c2ccc(OC)cc2)c2ccc(-c3sc(-c4sc(-c5cc6c(s5)-c5sc(C(=O)O)c[n+]5[B-]6(c5c(C)cc(C)cc5C)c5c(C)cc(C)cc5C)cc4C)cc3C)cc2)cc1.COc1ccc(N(c2ccc(OC)cc2)c2ccc(-c3sc(-c4sc(-c5cc6c(s5)-c5scc[n+]5[B-]6(c5c(C)cc(C)cc5C)c5c(C)cc(C)cc5C)cc4C)cc3C)cc2)cc1. The number of carboxylic acid groups (broad SMARTS) is 1. The number of aromatic nitrogens is 2. The molecule has 0 fully saturated rings. The normalized spacial score (nSPS) is 12.6. The molecule has 0 atom stereocenters. The van der Waals surface area contributed by atoms with Gasteiger partial charge in [-0.05, 0) is 290 Å². The van der Waals surface area contributed by atoms with Crippen molar-refractivity contribution >= 4 is 176 Å². The number of thiazole rings is 2. The van der Waals surface area contributed by atoms with Crippen molar-refractivity contribution in [1.82, 2.24) is 0 Å². The van der Waals surface area contributed by atoms with Gasteiger partial charge < -0.3 is 42.8 Å². The highest BCUT2D eigenvalue weighted by atomic mass is 32.1. The number of thiophene rings is 6. The van der Waals surface area contributed by atoms with Crippen LogP contribution in [0.5, 0.6) is 23.0 Å². The molecule has 1 N–H and O–H groups in total. The first kappa shape index (κ1) is 88.3. The van der Waals surface area contributed by atoms with Crippen LogP contribution in [0.25, 0.3) is 79.7 Å². The van der Waals surface area contributed by atoms with Gasteiger partial charge in [-0.2, -0.15) is 0 Å². The zero-order valence-electron chi connectivity index (χ0n) is 77.4. The standard InChI is InChI=1S/C56H51BN2O4S4.C55H51BN2O2S4/c1-31-23-33(3)50(34(4)24-31)57(51-35(5)25-32(2)26-36(51)6)45-29-47(65-54(45)55-58(57)30-49(67-55)56(60)61)46-27-38(8)53(64-46)48-28-37(7)52(66-48)39-11-13-40(14-12-39)59(41-15-19-43(62-9)20-16-41)42-17-21-44(63-10)22-18-42;1-32-25-34(3)50(35(4)26-32)56(51-36(5)27-33(2)28-37(51)6)46-31-48(63-54(46)55-57(56)23-24-61-55)47-29-39(8)53(62-47)49-30-38(7)52(64-49)40-11-13-41(14-12-40)58(42-15-19-44(59-9)20-16-42)43-17-21-45(60-10)22-18-43/h11-30H,1-10H3,(H,60,61);11-31H,1-10H3. The van der Waals surface area contributed by atoms with E-state index in [1.807, 2.05) is 123 Å². The summed E-state index contributed by atoms with van der Waals surface area (Å²) in [6.07, 6.45) is 0.967. The Morgan fingerprint density at radius 3 is 0.855 bits per heavy atom. The Hall–Kier alpha value is -11.9. The number of carbonyl (C=O) groups is 1. The van der Waals surface area contributed by atoms with Gasteiger partial charge in [-0.15, -0.1) is 101 Å². The van der Waals surface area contributed by atoms with Gasteiger partial charge in [-0.25, -0.2) is 4.79 Å². The largest absolute Gasteiger partial charge is 0.497 e. The molecule has 20 rings (SSSR count). The van der Waals surface area contributed by atoms with Gasteiger partial charge in [-0.3, -0.25) is 0 Å². The summed E-state index contributed by atoms with van der Waals surface area (Å²) >= 11 is 14.6. The van der Waals surface area contributed by atoms with E-state index in [0.717, 1.165) is 67.0 Å². The monoisotopic (exact) mass is 1860 g/mol. The number of nitrogens with zero attached hydrogens (tertiary/aromatic N) is 4. The smallest absolute Gasteiger partial charge is 0.363 e. The van der Waals surface area contributed by atoms with Gasteiger partial charge in [0.1, 0.15) is 35.4 Å². The van der Waals surface area contributed by atoms with E-state index in [9.17, 15) is 9.90 Å². The average molecular weight is 1870 g/mol. The first-order valence-electron chi connectivity index (χ1n) is 44.1. The number of aromatic carboxylic acids is 1. The Bertz CT molecular complexity index is 7200. The molecular weight excluding hydrogens is 1760 g/mol. The fourth-order valence-electron chi connectivity index (χ4n) is 21.7. The third-order valence-electron chi connectivity index (χ3n) is 26.5. The molecule has 0 unspecified atom stereocenters. The Labute approximate surface area is 800 Å². The highest BCUT2D eigenvalue weighted by molar-refractivity contribution is 7.32. The highest BCUT2D eigenvalue weighted by Crippen LogP contribution is 2.52. The maximum absolute atomic E-state index is 12.8. The zero-order valence-corrected chi connectivity index (χ0v) is 83.9. The zero-order chi connectivity index (χ0) is 91.7. The van der Waals surface area contributed by atoms with Crippen molar-refractivity contribution in [2.75, 3.05) is 38.2 Å². The molecule has 0 amide bonds. The van der Waals surface area contributed by atoms with Gasteiger partial charge >= 0.3 is 18.5 Å². The Morgan fingerprint density at radius 2 is 0.550 bits per heavy atom. The van der Waals surface area contributed by atoms with E-state index in [0.29, 0.717) is 4.88 Å². The lowest BCUT2D eigenvalue weighted by molar-refractivity contribution is -0.519. The number of ether oxygens (including phenoxy) is 4. The summed E-state index contributed by atoms with van der Waals surface area (Å²) in [5.74, 6) is 2.39. The molecule has 18 aromatic rings. The molecule has 0 aliphatic carbocycles. The lowest BCUT2D eigenvalue weighted by Crippen LogP contribution is -2.84. The number of aryl methyl sites for hydroxylation is 16. The van der Waals surface area contributed by atoms with Gasteiger partial charge in [-0.1, -0.05) is 174 Å². The fourth-order valence-corrected chi connectivity index (χ4v) is 31.6. The van der Waals surface area contributed by atoms with E-state index in [1.54, 1.807) is 39.8 Å². The average Bonchev–Trinajstić information content (AvgIpc) is 1.52. The first-order valence-corrected chi connectivity index (χ1v) is 50.7. The van der Waals surface area contributed by atoms with E-state index in [4.69, 9.17) is 18.9 Å². The molecular formula is C111H102B2N4O6S8. The second-order valence-electron chi connectivity index (χ2n) is 35.5. The second kappa shape index (κ2) is 35.0. The van der Waals surface area contributed by atoms with Gasteiger partial charge in [0.05, 0.1) is 43.6 Å². The minimum atomic E-state index is -1.81. The molecule has 0 bridgehead atoms. The number of hydrogen-bond donors (Lipinski definition) is 1. The number of methoxy groups -OCH3 is 4. The van der Waals surface area contributed by atoms with Crippen molar-refractivity contribution in [2.24, 2.45) is 0 Å². The summed E-state index contributed by atoms with van der Waals surface area (Å²) in [6, 6.07) is 83.8. The number of anilines is 6. The van der Waals surface area contributed by atoms with Crippen molar-refractivity contribution in [3.63, 3.8) is 0 Å². The molecule has 8 aromatic heterocycles. The summed E-state index contributed by atoms with van der Waals surface area (Å²) in [7, 11) is 6.77. The Morgan fingerprint density at radius 1 is 0.290 bits per heavy atom. The van der Waals surface area contributed by atoms with Crippen molar-refractivity contribution in [3.05, 3.63) is 342 Å². The summed E-state index contributed by atoms with van der Waals surface area (Å²) in [5, 5.41) is 15.1. The van der Waals surface area contributed by atoms with Crippen molar-refractivity contribution < 1.29 is 37.8 Å². The van der Waals surface area contributed by atoms with Crippen LogP contribution in [0, 0.1) is 111 Å². The Balaban J connectivity index is 0.000000170. The van der Waals surface area contributed by atoms with Crippen LogP contribution in [0.4, 0.5) is 34.1 Å². The number of fused-ring (bicyclic) bond motifs is 6. The summed E-state index contributed by atoms with van der Waals surface area (Å²) in [5.41, 5.74) is 37.4. The molecule has 2 aliphatic rings. The van der Waals surface area contributed by atoms with Crippen LogP contribution in [-0.4, -0.2) is 52.1 Å². The highest BCUT2D eigenvalue weighted by Gasteiger charge is 2.57. The quantitative estimate of drug-likeness (QED) is 0.0712. The molecule has 656 valence electrons. The minimum absolute atomic E-state index is 0.353. The predicted molar refractivity (Wildman–Crippen MR) is 564 cm³/mol. The fraction of sp³-hybridized carbons (Fsp3) is 0.180. The van der Waals surface area contributed by atoms with Crippen LogP contribution in [0.2, 0.25) is 0 Å². The first-order chi connectivity index (χ1) is 63.1. The van der Waals surface area contributed by atoms with Gasteiger partial charge in [0.25, 0.3) is 0 Å². The molecule has 10 nitrogen and oxygen atoms in total. The molecule has 20 heteroatoms. The number of hydrogen-bond acceptors (Lipinski definition) is 15. The van der Waals surface area contributed by atoms with E-state index in [2.05, 4.69) is 323 Å². The lowest BCUT2D eigenvalue weighted by atomic mass is 9.23. The van der Waals surface area contributed by atoms with Crippen molar-refractivity contribution in [1.29, 1.82) is 0 Å². The predicted octanol–water partition coefficient (Wildman–Crippen LogP) is 27.0. The maximum atomic E-state index is 12.8. The second-order valence-corrected chi connectivity index (χ2v) is 43.7. The molecule has 10 aromatic carbocycles. The summed E-state index contributed by atoms with van der Waals surface area (Å²) < 4.78 is 26.9. The lowest BCUT2D eigenvalue weighted by Gasteiger charge is -2.37. The molecule has 2 aliphatic heterocycles. The number of carboxylic acids is 1. The van der Waals surface area contributed by atoms with Crippen LogP contribution >= 0.6 is 90.7 Å². The molecule has 131 heavy (non-hydrogen) atoms. The van der Waals surface area contributed by atoms with Crippen LogP contribution in [-0.2, 0) is 0 Å².